The molecule has 3 rings (SSSR count). The van der Waals surface area contributed by atoms with Gasteiger partial charge in [0.1, 0.15) is 11.9 Å². The van der Waals surface area contributed by atoms with Gasteiger partial charge in [0.15, 0.2) is 0 Å². The van der Waals surface area contributed by atoms with Gasteiger partial charge in [0.2, 0.25) is 5.95 Å². The van der Waals surface area contributed by atoms with E-state index in [9.17, 15) is 9.50 Å². The highest BCUT2D eigenvalue weighted by Gasteiger charge is 2.12. The van der Waals surface area contributed by atoms with Crippen LogP contribution in [0.4, 0.5) is 10.3 Å². The van der Waals surface area contributed by atoms with Gasteiger partial charge in [-0.1, -0.05) is 36.4 Å². The van der Waals surface area contributed by atoms with Gasteiger partial charge < -0.3 is 10.4 Å². The molecule has 0 spiro atoms. The molecule has 124 valence electrons. The molecule has 0 saturated heterocycles. The molecular weight excluding hydrogens is 319 g/mol. The Morgan fingerprint density at radius 2 is 1.92 bits per heavy atom. The van der Waals surface area contributed by atoms with E-state index in [1.165, 1.54) is 12.3 Å². The Kier molecular flexibility index (Phi) is 4.97. The van der Waals surface area contributed by atoms with E-state index in [0.717, 1.165) is 5.56 Å². The van der Waals surface area contributed by atoms with Crippen molar-refractivity contribution in [2.45, 2.75) is 6.10 Å². The molecule has 0 aliphatic rings. The summed E-state index contributed by atoms with van der Waals surface area (Å²) in [5.74, 6) is -0.340. The minimum absolute atomic E-state index is 0.0369. The van der Waals surface area contributed by atoms with Crippen molar-refractivity contribution in [2.24, 2.45) is 0 Å². The largest absolute Gasteiger partial charge is 0.387 e. The van der Waals surface area contributed by atoms with Crippen molar-refractivity contribution in [1.82, 2.24) is 9.97 Å². The number of aromatic nitrogens is 2. The Morgan fingerprint density at radius 3 is 2.68 bits per heavy atom. The van der Waals surface area contributed by atoms with Crippen molar-refractivity contribution in [1.29, 1.82) is 5.26 Å². The van der Waals surface area contributed by atoms with Gasteiger partial charge in [-0.05, 0) is 23.8 Å². The number of rotatable bonds is 5. The Labute approximate surface area is 144 Å². The number of nitriles is 1. The number of halogens is 1. The molecule has 5 nitrogen and oxygen atoms in total. The monoisotopic (exact) mass is 334 g/mol. The van der Waals surface area contributed by atoms with E-state index in [-0.39, 0.29) is 23.6 Å². The van der Waals surface area contributed by atoms with Crippen LogP contribution in [-0.2, 0) is 0 Å². The smallest absolute Gasteiger partial charge is 0.223 e. The molecule has 25 heavy (non-hydrogen) atoms. The minimum atomic E-state index is -0.716. The normalized spacial score (nSPS) is 11.6. The highest BCUT2D eigenvalue weighted by Crippen LogP contribution is 2.23. The molecule has 0 fully saturated rings. The fraction of sp³-hybridized carbons (Fsp3) is 0.105. The first-order valence-electron chi connectivity index (χ1n) is 7.68. The predicted octanol–water partition coefficient (Wildman–Crippen LogP) is 3.30. The number of hydrogen-bond donors (Lipinski definition) is 2. The second-order valence-corrected chi connectivity index (χ2v) is 5.35. The fourth-order valence-electron chi connectivity index (χ4n) is 2.39. The van der Waals surface area contributed by atoms with Gasteiger partial charge in [-0.15, -0.1) is 0 Å². The summed E-state index contributed by atoms with van der Waals surface area (Å²) in [4.78, 5) is 8.34. The zero-order valence-electron chi connectivity index (χ0n) is 13.2. The maximum absolute atomic E-state index is 14.3. The number of nitrogens with one attached hydrogen (secondary N) is 1. The molecule has 1 aromatic heterocycles. The lowest BCUT2D eigenvalue weighted by Gasteiger charge is -2.12. The van der Waals surface area contributed by atoms with Crippen molar-refractivity contribution in [2.75, 3.05) is 11.9 Å². The third-order valence-electron chi connectivity index (χ3n) is 3.69. The highest BCUT2D eigenvalue weighted by atomic mass is 19.1. The second kappa shape index (κ2) is 7.51. The van der Waals surface area contributed by atoms with Crippen molar-refractivity contribution in [3.8, 4) is 17.3 Å². The van der Waals surface area contributed by atoms with E-state index in [1.807, 2.05) is 36.4 Å². The van der Waals surface area contributed by atoms with Crippen LogP contribution in [0.5, 0.6) is 0 Å². The first-order chi connectivity index (χ1) is 12.2. The van der Waals surface area contributed by atoms with E-state index in [2.05, 4.69) is 15.3 Å². The number of benzene rings is 2. The SMILES string of the molecule is N#Cc1cccc(-c2ccnc(NC[C@H](O)c3ccccc3)n2)c1F. The molecule has 1 heterocycles. The Hall–Kier alpha value is -3.30. The fourth-order valence-corrected chi connectivity index (χ4v) is 2.39. The summed E-state index contributed by atoms with van der Waals surface area (Å²) in [6.07, 6.45) is 0.782. The number of hydrogen-bond acceptors (Lipinski definition) is 5. The zero-order valence-corrected chi connectivity index (χ0v) is 13.2. The number of aliphatic hydroxyl groups excluding tert-OH is 1. The van der Waals surface area contributed by atoms with Gasteiger partial charge in [-0.2, -0.15) is 5.26 Å². The summed E-state index contributed by atoms with van der Waals surface area (Å²) >= 11 is 0. The maximum atomic E-state index is 14.3. The molecule has 2 N–H and O–H groups in total. The van der Waals surface area contributed by atoms with E-state index >= 15 is 0 Å². The zero-order chi connectivity index (χ0) is 17.6. The third kappa shape index (κ3) is 3.79. The average Bonchev–Trinajstić information content (AvgIpc) is 2.67. The lowest BCUT2D eigenvalue weighted by atomic mass is 10.1. The first kappa shape index (κ1) is 16.6. The van der Waals surface area contributed by atoms with Crippen LogP contribution in [0.15, 0.2) is 60.8 Å². The molecular formula is C19H15FN4O. The van der Waals surface area contributed by atoms with Gasteiger partial charge in [0, 0.05) is 18.3 Å². The summed E-state index contributed by atoms with van der Waals surface area (Å²) in [5, 5.41) is 22.0. The van der Waals surface area contributed by atoms with Gasteiger partial charge in [-0.3, -0.25) is 0 Å². The Balaban J connectivity index is 1.78. The Morgan fingerprint density at radius 1 is 1.12 bits per heavy atom. The highest BCUT2D eigenvalue weighted by molar-refractivity contribution is 5.63. The number of aliphatic hydroxyl groups is 1. The first-order valence-corrected chi connectivity index (χ1v) is 7.68. The summed E-state index contributed by atoms with van der Waals surface area (Å²) in [6.45, 7) is 0.216. The molecule has 0 aliphatic carbocycles. The molecule has 6 heteroatoms. The third-order valence-corrected chi connectivity index (χ3v) is 3.69. The van der Waals surface area contributed by atoms with Crippen LogP contribution < -0.4 is 5.32 Å². The topological polar surface area (TPSA) is 81.8 Å². The van der Waals surface area contributed by atoms with Crippen LogP contribution in [0.1, 0.15) is 17.2 Å². The van der Waals surface area contributed by atoms with Crippen LogP contribution in [0.25, 0.3) is 11.3 Å². The van der Waals surface area contributed by atoms with Gasteiger partial charge >= 0.3 is 0 Å². The lowest BCUT2D eigenvalue weighted by Crippen LogP contribution is -2.14. The van der Waals surface area contributed by atoms with Gasteiger partial charge in [0.05, 0.1) is 17.4 Å². The van der Waals surface area contributed by atoms with Crippen LogP contribution in [0, 0.1) is 17.1 Å². The van der Waals surface area contributed by atoms with Crippen LogP contribution in [0.3, 0.4) is 0 Å². The second-order valence-electron chi connectivity index (χ2n) is 5.35. The van der Waals surface area contributed by atoms with Crippen LogP contribution in [0.2, 0.25) is 0 Å². The van der Waals surface area contributed by atoms with Gasteiger partial charge in [-0.25, -0.2) is 14.4 Å². The molecule has 2 aromatic carbocycles. The maximum Gasteiger partial charge on any atom is 0.223 e. The van der Waals surface area contributed by atoms with Crippen molar-refractivity contribution >= 4 is 5.95 Å². The van der Waals surface area contributed by atoms with Gasteiger partial charge in [0.25, 0.3) is 0 Å². The molecule has 0 aliphatic heterocycles. The molecule has 0 amide bonds. The summed E-state index contributed by atoms with van der Waals surface area (Å²) in [7, 11) is 0. The molecule has 0 unspecified atom stereocenters. The van der Waals surface area contributed by atoms with E-state index in [4.69, 9.17) is 5.26 Å². The van der Waals surface area contributed by atoms with Crippen molar-refractivity contribution < 1.29 is 9.50 Å². The lowest BCUT2D eigenvalue weighted by molar-refractivity contribution is 0.191. The van der Waals surface area contributed by atoms with Crippen molar-refractivity contribution in [3.05, 3.63) is 77.7 Å². The average molecular weight is 334 g/mol. The summed E-state index contributed by atoms with van der Waals surface area (Å²) < 4.78 is 14.3. The molecule has 0 radical (unpaired) electrons. The Bertz CT molecular complexity index is 909. The number of nitrogens with zero attached hydrogens (tertiary/aromatic N) is 3. The van der Waals surface area contributed by atoms with Crippen LogP contribution >= 0.6 is 0 Å². The van der Waals surface area contributed by atoms with E-state index in [1.54, 1.807) is 18.2 Å². The summed E-state index contributed by atoms with van der Waals surface area (Å²) in [5.41, 5.74) is 1.33. The standard InChI is InChI=1S/C19H15FN4O/c20-18-14(11-21)7-4-8-15(18)16-9-10-22-19(24-16)23-12-17(25)13-5-2-1-3-6-13/h1-10,17,25H,12H2,(H,22,23,24)/t17-/m0/s1. The quantitative estimate of drug-likeness (QED) is 0.748. The van der Waals surface area contributed by atoms with Crippen LogP contribution in [-0.4, -0.2) is 21.6 Å². The summed E-state index contributed by atoms with van der Waals surface area (Å²) in [6, 6.07) is 17.2. The molecule has 0 saturated carbocycles. The van der Waals surface area contributed by atoms with E-state index in [0.29, 0.717) is 5.69 Å². The molecule has 0 bridgehead atoms. The minimum Gasteiger partial charge on any atom is -0.387 e. The number of anilines is 1. The molecule has 3 aromatic rings. The molecule has 1 atom stereocenters. The predicted molar refractivity (Wildman–Crippen MR) is 92.0 cm³/mol. The van der Waals surface area contributed by atoms with E-state index < -0.39 is 11.9 Å². The van der Waals surface area contributed by atoms with Crippen molar-refractivity contribution in [3.63, 3.8) is 0 Å².